The SMILES string of the molecule is CC1CCC(CC(=O)Nc2cc3c(cc2N)OCO3)C1. The molecule has 1 aliphatic heterocycles. The van der Waals surface area contributed by atoms with Crippen molar-refractivity contribution in [2.24, 2.45) is 11.8 Å². The van der Waals surface area contributed by atoms with E-state index in [1.54, 1.807) is 12.1 Å². The van der Waals surface area contributed by atoms with Crippen LogP contribution in [-0.4, -0.2) is 12.7 Å². The zero-order valence-corrected chi connectivity index (χ0v) is 11.6. The highest BCUT2D eigenvalue weighted by Crippen LogP contribution is 2.38. The van der Waals surface area contributed by atoms with E-state index in [4.69, 9.17) is 15.2 Å². The molecule has 2 aliphatic rings. The molecular weight excluding hydrogens is 256 g/mol. The zero-order valence-electron chi connectivity index (χ0n) is 11.6. The number of nitrogens with one attached hydrogen (secondary N) is 1. The minimum Gasteiger partial charge on any atom is -0.454 e. The number of anilines is 2. The molecule has 0 spiro atoms. The minimum absolute atomic E-state index is 0.0228. The summed E-state index contributed by atoms with van der Waals surface area (Å²) in [6.45, 7) is 2.44. The van der Waals surface area contributed by atoms with Gasteiger partial charge in [-0.25, -0.2) is 0 Å². The zero-order chi connectivity index (χ0) is 14.1. The number of carbonyl (C=O) groups excluding carboxylic acids is 1. The van der Waals surface area contributed by atoms with Crippen LogP contribution >= 0.6 is 0 Å². The van der Waals surface area contributed by atoms with Gasteiger partial charge in [-0.05, 0) is 24.7 Å². The monoisotopic (exact) mass is 276 g/mol. The molecule has 1 aromatic carbocycles. The number of rotatable bonds is 3. The lowest BCUT2D eigenvalue weighted by atomic mass is 10.0. The van der Waals surface area contributed by atoms with Gasteiger partial charge in [-0.2, -0.15) is 0 Å². The Morgan fingerprint density at radius 1 is 1.35 bits per heavy atom. The second kappa shape index (κ2) is 5.23. The molecule has 5 heteroatoms. The normalized spacial score (nSPS) is 23.9. The average molecular weight is 276 g/mol. The molecular formula is C15H20N2O3. The van der Waals surface area contributed by atoms with Crippen LogP contribution in [0.2, 0.25) is 0 Å². The van der Waals surface area contributed by atoms with Crippen molar-refractivity contribution in [3.8, 4) is 11.5 Å². The molecule has 0 bridgehead atoms. The van der Waals surface area contributed by atoms with Gasteiger partial charge in [0.15, 0.2) is 11.5 Å². The summed E-state index contributed by atoms with van der Waals surface area (Å²) in [7, 11) is 0. The number of nitrogens with two attached hydrogens (primary N) is 1. The molecule has 1 aromatic rings. The highest BCUT2D eigenvalue weighted by molar-refractivity contribution is 5.94. The van der Waals surface area contributed by atoms with Crippen molar-refractivity contribution < 1.29 is 14.3 Å². The van der Waals surface area contributed by atoms with Crippen LogP contribution in [0.15, 0.2) is 12.1 Å². The first-order chi connectivity index (χ1) is 9.61. The molecule has 0 saturated heterocycles. The third kappa shape index (κ3) is 2.66. The second-order valence-corrected chi connectivity index (χ2v) is 5.83. The van der Waals surface area contributed by atoms with E-state index in [1.165, 1.54) is 6.42 Å². The maximum atomic E-state index is 12.1. The van der Waals surface area contributed by atoms with Crippen LogP contribution in [0.5, 0.6) is 11.5 Å². The standard InChI is InChI=1S/C15H20N2O3/c1-9-2-3-10(4-9)5-15(18)17-12-7-14-13(6-11(12)16)19-8-20-14/h6-7,9-10H,2-5,8,16H2,1H3,(H,17,18). The van der Waals surface area contributed by atoms with Crippen molar-refractivity contribution in [3.63, 3.8) is 0 Å². The molecule has 2 atom stereocenters. The van der Waals surface area contributed by atoms with E-state index in [1.807, 2.05) is 0 Å². The van der Waals surface area contributed by atoms with Crippen molar-refractivity contribution in [2.75, 3.05) is 17.8 Å². The Labute approximate surface area is 118 Å². The van der Waals surface area contributed by atoms with Crippen LogP contribution in [0.4, 0.5) is 11.4 Å². The van der Waals surface area contributed by atoms with Crippen LogP contribution in [0.3, 0.4) is 0 Å². The van der Waals surface area contributed by atoms with Gasteiger partial charge in [-0.3, -0.25) is 4.79 Å². The van der Waals surface area contributed by atoms with Gasteiger partial charge >= 0.3 is 0 Å². The molecule has 20 heavy (non-hydrogen) atoms. The molecule has 5 nitrogen and oxygen atoms in total. The highest BCUT2D eigenvalue weighted by Gasteiger charge is 2.24. The molecule has 1 fully saturated rings. The van der Waals surface area contributed by atoms with Crippen LogP contribution in [-0.2, 0) is 4.79 Å². The summed E-state index contributed by atoms with van der Waals surface area (Å²) in [6.07, 6.45) is 4.08. The third-order valence-electron chi connectivity index (χ3n) is 4.10. The van der Waals surface area contributed by atoms with Gasteiger partial charge in [-0.1, -0.05) is 13.3 Å². The molecule has 3 N–H and O–H groups in total. The Balaban J connectivity index is 1.64. The fourth-order valence-corrected chi connectivity index (χ4v) is 3.04. The number of amides is 1. The summed E-state index contributed by atoms with van der Waals surface area (Å²) < 4.78 is 10.5. The van der Waals surface area contributed by atoms with Crippen LogP contribution in [0.25, 0.3) is 0 Å². The number of benzene rings is 1. The smallest absolute Gasteiger partial charge is 0.231 e. The van der Waals surface area contributed by atoms with Gasteiger partial charge in [0, 0.05) is 18.6 Å². The third-order valence-corrected chi connectivity index (χ3v) is 4.10. The molecule has 108 valence electrons. The van der Waals surface area contributed by atoms with Crippen molar-refractivity contribution >= 4 is 17.3 Å². The largest absolute Gasteiger partial charge is 0.454 e. The molecule has 1 amide bonds. The van der Waals surface area contributed by atoms with Crippen LogP contribution in [0.1, 0.15) is 32.6 Å². The predicted octanol–water partition coefficient (Wildman–Crippen LogP) is 2.76. The number of hydrogen-bond donors (Lipinski definition) is 2. The Morgan fingerprint density at radius 2 is 2.10 bits per heavy atom. The van der Waals surface area contributed by atoms with E-state index in [9.17, 15) is 4.79 Å². The van der Waals surface area contributed by atoms with Gasteiger partial charge in [0.25, 0.3) is 0 Å². The summed E-state index contributed by atoms with van der Waals surface area (Å²) >= 11 is 0. The van der Waals surface area contributed by atoms with E-state index in [0.29, 0.717) is 35.2 Å². The van der Waals surface area contributed by atoms with Crippen molar-refractivity contribution in [3.05, 3.63) is 12.1 Å². The first-order valence-electron chi connectivity index (χ1n) is 7.11. The molecule has 0 radical (unpaired) electrons. The second-order valence-electron chi connectivity index (χ2n) is 5.83. The molecule has 1 saturated carbocycles. The summed E-state index contributed by atoms with van der Waals surface area (Å²) in [5, 5.41) is 2.88. The van der Waals surface area contributed by atoms with E-state index >= 15 is 0 Å². The Kier molecular flexibility index (Phi) is 3.42. The molecule has 2 unspecified atom stereocenters. The molecule has 0 aromatic heterocycles. The summed E-state index contributed by atoms with van der Waals surface area (Å²) in [6, 6.07) is 3.42. The minimum atomic E-state index is 0.0228. The lowest BCUT2D eigenvalue weighted by molar-refractivity contribution is -0.117. The predicted molar refractivity (Wildman–Crippen MR) is 76.7 cm³/mol. The summed E-state index contributed by atoms with van der Waals surface area (Å²) in [5.41, 5.74) is 7.03. The Bertz CT molecular complexity index is 530. The Morgan fingerprint density at radius 3 is 2.80 bits per heavy atom. The number of nitrogen functional groups attached to an aromatic ring is 1. The van der Waals surface area contributed by atoms with E-state index < -0.39 is 0 Å². The highest BCUT2D eigenvalue weighted by atomic mass is 16.7. The van der Waals surface area contributed by atoms with E-state index in [2.05, 4.69) is 12.2 Å². The maximum absolute atomic E-state index is 12.1. The van der Waals surface area contributed by atoms with Gasteiger partial charge in [0.2, 0.25) is 12.7 Å². The number of hydrogen-bond acceptors (Lipinski definition) is 4. The average Bonchev–Trinajstić information content (AvgIpc) is 2.98. The van der Waals surface area contributed by atoms with E-state index in [-0.39, 0.29) is 12.7 Å². The fourth-order valence-electron chi connectivity index (χ4n) is 3.04. The van der Waals surface area contributed by atoms with E-state index in [0.717, 1.165) is 18.8 Å². The van der Waals surface area contributed by atoms with Gasteiger partial charge in [0.05, 0.1) is 11.4 Å². The lowest BCUT2D eigenvalue weighted by Gasteiger charge is -2.12. The van der Waals surface area contributed by atoms with Crippen molar-refractivity contribution in [1.29, 1.82) is 0 Å². The lowest BCUT2D eigenvalue weighted by Crippen LogP contribution is -2.16. The molecule has 3 rings (SSSR count). The quantitative estimate of drug-likeness (QED) is 0.832. The summed E-state index contributed by atoms with van der Waals surface area (Å²) in [4.78, 5) is 12.1. The van der Waals surface area contributed by atoms with Gasteiger partial charge in [-0.15, -0.1) is 0 Å². The molecule has 1 aliphatic carbocycles. The maximum Gasteiger partial charge on any atom is 0.231 e. The number of carbonyl (C=O) groups is 1. The Hall–Kier alpha value is -1.91. The number of ether oxygens (including phenoxy) is 2. The summed E-state index contributed by atoms with van der Waals surface area (Å²) in [5.74, 6) is 2.52. The van der Waals surface area contributed by atoms with Crippen LogP contribution < -0.4 is 20.5 Å². The van der Waals surface area contributed by atoms with Gasteiger partial charge < -0.3 is 20.5 Å². The molecule has 1 heterocycles. The fraction of sp³-hybridized carbons (Fsp3) is 0.533. The topological polar surface area (TPSA) is 73.6 Å². The van der Waals surface area contributed by atoms with Crippen molar-refractivity contribution in [1.82, 2.24) is 0 Å². The van der Waals surface area contributed by atoms with Gasteiger partial charge in [0.1, 0.15) is 0 Å². The van der Waals surface area contributed by atoms with Crippen molar-refractivity contribution in [2.45, 2.75) is 32.6 Å². The first kappa shape index (κ1) is 13.1. The number of fused-ring (bicyclic) bond motifs is 1. The van der Waals surface area contributed by atoms with Crippen LogP contribution in [0, 0.1) is 11.8 Å². The first-order valence-corrected chi connectivity index (χ1v) is 7.11.